The molecule has 0 spiro atoms. The fourth-order valence-corrected chi connectivity index (χ4v) is 4.73. The summed E-state index contributed by atoms with van der Waals surface area (Å²) in [7, 11) is 0. The van der Waals surface area contributed by atoms with E-state index >= 15 is 0 Å². The summed E-state index contributed by atoms with van der Waals surface area (Å²) in [6.45, 7) is -0.0415. The predicted octanol–water partition coefficient (Wildman–Crippen LogP) is 2.65. The van der Waals surface area contributed by atoms with E-state index in [2.05, 4.69) is 15.3 Å². The number of likely N-dealkylation sites (tertiary alicyclic amines) is 1. The number of ether oxygens (including phenoxy) is 1. The van der Waals surface area contributed by atoms with E-state index in [9.17, 15) is 31.9 Å². The summed E-state index contributed by atoms with van der Waals surface area (Å²) in [4.78, 5) is 46.7. The maximum atomic E-state index is 13.4. The molecule has 3 N–H and O–H groups in total. The van der Waals surface area contributed by atoms with Gasteiger partial charge in [-0.3, -0.25) is 19.0 Å². The van der Waals surface area contributed by atoms with Gasteiger partial charge < -0.3 is 25.0 Å². The first-order valence-electron chi connectivity index (χ1n) is 12.5. The summed E-state index contributed by atoms with van der Waals surface area (Å²) in [5.74, 6) is -1.70. The number of piperidine rings is 1. The fraction of sp³-hybridized carbons (Fsp3) is 0.520. The third-order valence-corrected chi connectivity index (χ3v) is 6.82. The molecule has 2 aliphatic rings. The quantitative estimate of drug-likeness (QED) is 0.430. The molecule has 1 fully saturated rings. The van der Waals surface area contributed by atoms with Gasteiger partial charge in [0, 0.05) is 32.1 Å². The summed E-state index contributed by atoms with van der Waals surface area (Å²) < 4.78 is 58.8. The van der Waals surface area contributed by atoms with Gasteiger partial charge in [0.15, 0.2) is 12.4 Å². The van der Waals surface area contributed by atoms with Gasteiger partial charge in [-0.1, -0.05) is 11.6 Å². The minimum Gasteiger partial charge on any atom is -0.481 e. The number of rotatable bonds is 8. The van der Waals surface area contributed by atoms with Crippen molar-refractivity contribution in [2.75, 3.05) is 26.3 Å². The summed E-state index contributed by atoms with van der Waals surface area (Å²) in [6.07, 6.45) is 0.191. The van der Waals surface area contributed by atoms with Crippen molar-refractivity contribution < 1.29 is 37.0 Å². The summed E-state index contributed by atoms with van der Waals surface area (Å²) in [5, 5.41) is 11.5. The topological polar surface area (TPSA) is 130 Å². The summed E-state index contributed by atoms with van der Waals surface area (Å²) in [6, 6.07) is -0.392. The van der Waals surface area contributed by atoms with Gasteiger partial charge in [-0.05, 0) is 38.7 Å². The first-order chi connectivity index (χ1) is 18.5. The molecule has 14 heteroatoms. The first kappa shape index (κ1) is 28.3. The molecular formula is C25H29F4N5O5. The van der Waals surface area contributed by atoms with E-state index in [-0.39, 0.29) is 41.3 Å². The minimum atomic E-state index is -4.73. The van der Waals surface area contributed by atoms with Crippen molar-refractivity contribution in [2.45, 2.75) is 57.8 Å². The lowest BCUT2D eigenvalue weighted by atomic mass is 10.0. The Balaban J connectivity index is 1.62. The summed E-state index contributed by atoms with van der Waals surface area (Å²) in [5.41, 5.74) is -0.196. The van der Waals surface area contributed by atoms with E-state index in [0.717, 1.165) is 5.57 Å². The monoisotopic (exact) mass is 555 g/mol. The maximum Gasteiger partial charge on any atom is 0.422 e. The second-order valence-electron chi connectivity index (χ2n) is 9.55. The van der Waals surface area contributed by atoms with Crippen LogP contribution in [-0.4, -0.2) is 74.9 Å². The lowest BCUT2D eigenvalue weighted by molar-refractivity contribution is -0.153. The van der Waals surface area contributed by atoms with Crippen molar-refractivity contribution in [2.24, 2.45) is 0 Å². The van der Waals surface area contributed by atoms with Crippen LogP contribution in [0.15, 0.2) is 28.3 Å². The third-order valence-electron chi connectivity index (χ3n) is 6.82. The number of fused-ring (bicyclic) bond motifs is 1. The highest BCUT2D eigenvalue weighted by Crippen LogP contribution is 2.30. The molecule has 0 bridgehead atoms. The third kappa shape index (κ3) is 6.67. The van der Waals surface area contributed by atoms with Crippen LogP contribution in [0.2, 0.25) is 0 Å². The van der Waals surface area contributed by atoms with Gasteiger partial charge >= 0.3 is 6.18 Å². The lowest BCUT2D eigenvalue weighted by Gasteiger charge is -2.32. The van der Waals surface area contributed by atoms with Gasteiger partial charge in [0.1, 0.15) is 35.0 Å². The van der Waals surface area contributed by atoms with Crippen molar-refractivity contribution in [1.82, 2.24) is 24.8 Å². The Bertz CT molecular complexity index is 1370. The molecule has 0 aromatic carbocycles. The molecule has 0 unspecified atom stereocenters. The number of aliphatic hydroxyl groups excluding tert-OH is 1. The Morgan fingerprint density at radius 3 is 2.56 bits per heavy atom. The van der Waals surface area contributed by atoms with Crippen LogP contribution in [-0.2, 0) is 11.3 Å². The van der Waals surface area contributed by atoms with E-state index in [1.165, 1.54) is 15.5 Å². The number of hydrogen-bond acceptors (Lipinski definition) is 6. The van der Waals surface area contributed by atoms with Gasteiger partial charge in [0.25, 0.3) is 11.5 Å². The van der Waals surface area contributed by atoms with Crippen LogP contribution in [0, 0.1) is 6.92 Å². The molecule has 0 radical (unpaired) electrons. The van der Waals surface area contributed by atoms with Gasteiger partial charge in [0.2, 0.25) is 5.91 Å². The Kier molecular flexibility index (Phi) is 8.42. The molecule has 1 aliphatic heterocycles. The Morgan fingerprint density at radius 1 is 1.23 bits per heavy atom. The van der Waals surface area contributed by atoms with E-state index in [1.807, 2.05) is 0 Å². The molecule has 39 heavy (non-hydrogen) atoms. The number of allylic oxidation sites excluding steroid dienone is 4. The number of aliphatic hydroxyl groups is 1. The maximum absolute atomic E-state index is 13.4. The second kappa shape index (κ2) is 11.6. The molecule has 1 aliphatic carbocycles. The van der Waals surface area contributed by atoms with Gasteiger partial charge in [0.05, 0.1) is 0 Å². The van der Waals surface area contributed by atoms with Crippen LogP contribution in [0.4, 0.5) is 17.6 Å². The van der Waals surface area contributed by atoms with E-state index in [1.54, 1.807) is 13.0 Å². The second-order valence-corrected chi connectivity index (χ2v) is 9.55. The van der Waals surface area contributed by atoms with Crippen LogP contribution < -0.4 is 15.6 Å². The largest absolute Gasteiger partial charge is 0.481 e. The fourth-order valence-electron chi connectivity index (χ4n) is 4.73. The SMILES string of the molecule is Cc1nc2[nH]c(C(=O)NC3CCN(C(=O)CO)CC3)c(OCC(F)(F)F)c2c(=O)n1CCC1=CC=C(F)CC1. The Hall–Kier alpha value is -3.68. The number of aromatic amines is 1. The average molecular weight is 556 g/mol. The van der Waals surface area contributed by atoms with Crippen molar-refractivity contribution in [3.8, 4) is 5.75 Å². The van der Waals surface area contributed by atoms with Crippen LogP contribution in [0.5, 0.6) is 5.75 Å². The zero-order valence-corrected chi connectivity index (χ0v) is 21.2. The van der Waals surface area contributed by atoms with Crippen LogP contribution >= 0.6 is 0 Å². The number of carbonyl (C=O) groups excluding carboxylic acids is 2. The first-order valence-corrected chi connectivity index (χ1v) is 12.5. The van der Waals surface area contributed by atoms with Crippen molar-refractivity contribution in [1.29, 1.82) is 0 Å². The number of aryl methyl sites for hydroxylation is 1. The predicted molar refractivity (Wildman–Crippen MR) is 132 cm³/mol. The minimum absolute atomic E-state index is 0.0821. The number of amides is 2. The van der Waals surface area contributed by atoms with Gasteiger partial charge in [-0.15, -0.1) is 0 Å². The molecule has 212 valence electrons. The number of H-pyrrole nitrogens is 1. The molecular weight excluding hydrogens is 526 g/mol. The molecule has 0 saturated carbocycles. The summed E-state index contributed by atoms with van der Waals surface area (Å²) >= 11 is 0. The molecule has 4 rings (SSSR count). The number of aromatic nitrogens is 3. The van der Waals surface area contributed by atoms with Gasteiger partial charge in [-0.25, -0.2) is 9.37 Å². The van der Waals surface area contributed by atoms with E-state index in [4.69, 9.17) is 9.84 Å². The number of nitrogens with zero attached hydrogens (tertiary/aromatic N) is 3. The number of nitrogens with one attached hydrogen (secondary N) is 2. The van der Waals surface area contributed by atoms with Crippen LogP contribution in [0.3, 0.4) is 0 Å². The Labute approximate surface area is 220 Å². The molecule has 2 amide bonds. The Morgan fingerprint density at radius 2 is 1.95 bits per heavy atom. The van der Waals surface area contributed by atoms with Crippen molar-refractivity contribution >= 4 is 22.8 Å². The molecule has 1 saturated heterocycles. The highest BCUT2D eigenvalue weighted by Gasteiger charge is 2.33. The zero-order chi connectivity index (χ0) is 28.3. The smallest absolute Gasteiger partial charge is 0.422 e. The normalized spacial score (nSPS) is 16.7. The van der Waals surface area contributed by atoms with Gasteiger partial charge in [-0.2, -0.15) is 13.2 Å². The molecule has 3 heterocycles. The number of halogens is 4. The number of carbonyl (C=O) groups is 2. The lowest BCUT2D eigenvalue weighted by Crippen LogP contribution is -2.47. The van der Waals surface area contributed by atoms with Crippen LogP contribution in [0.25, 0.3) is 11.0 Å². The average Bonchev–Trinajstić information content (AvgIpc) is 3.26. The van der Waals surface area contributed by atoms with Crippen molar-refractivity contribution in [3.05, 3.63) is 45.4 Å². The molecule has 0 atom stereocenters. The van der Waals surface area contributed by atoms with Crippen LogP contribution in [0.1, 0.15) is 48.4 Å². The highest BCUT2D eigenvalue weighted by molar-refractivity contribution is 6.02. The van der Waals surface area contributed by atoms with E-state index < -0.39 is 48.6 Å². The highest BCUT2D eigenvalue weighted by atomic mass is 19.4. The molecule has 2 aromatic rings. The van der Waals surface area contributed by atoms with E-state index in [0.29, 0.717) is 38.8 Å². The molecule has 2 aromatic heterocycles. The zero-order valence-electron chi connectivity index (χ0n) is 21.2. The number of hydrogen-bond donors (Lipinski definition) is 3. The number of alkyl halides is 3. The molecule has 10 nitrogen and oxygen atoms in total. The van der Waals surface area contributed by atoms with Crippen molar-refractivity contribution in [3.63, 3.8) is 0 Å². The standard InChI is InChI=1S/C25H29F4N5O5/c1-14-30-22-19(24(38)34(14)11-6-15-2-4-16(26)5-3-15)21(39-13-25(27,28)29)20(32-22)23(37)31-17-7-9-33(10-8-17)18(36)12-35/h2,4,17,32,35H,3,5-13H2,1H3,(H,31,37).